The number of pyridine rings is 1. The largest absolute Gasteiger partial charge is 0.484 e. The minimum Gasteiger partial charge on any atom is -0.484 e. The third-order valence-electron chi connectivity index (χ3n) is 3.95. The number of aromatic nitrogens is 1. The molecule has 0 saturated carbocycles. The average molecular weight is 365 g/mol. The smallest absolute Gasteiger partial charge is 0.259 e. The second kappa shape index (κ2) is 7.74. The summed E-state index contributed by atoms with van der Waals surface area (Å²) in [4.78, 5) is 40.3. The fourth-order valence-electron chi connectivity index (χ4n) is 2.53. The van der Waals surface area contributed by atoms with Crippen LogP contribution in [0.15, 0.2) is 59.4 Å². The molecule has 7 heteroatoms. The number of nitrogens with one attached hydrogen (secondary N) is 2. The van der Waals surface area contributed by atoms with Crippen LogP contribution in [0.3, 0.4) is 0 Å². The molecule has 138 valence electrons. The molecule has 7 nitrogen and oxygen atoms in total. The molecule has 2 amide bonds. The maximum absolute atomic E-state index is 12.7. The molecule has 0 fully saturated rings. The van der Waals surface area contributed by atoms with Gasteiger partial charge in [-0.3, -0.25) is 14.4 Å². The second-order valence-corrected chi connectivity index (χ2v) is 6.15. The van der Waals surface area contributed by atoms with Crippen LogP contribution in [0, 0.1) is 0 Å². The fraction of sp³-hybridized carbons (Fsp3) is 0.150. The molecule has 1 heterocycles. The lowest BCUT2D eigenvalue weighted by atomic mass is 10.1. The van der Waals surface area contributed by atoms with Gasteiger partial charge in [-0.15, -0.1) is 0 Å². The predicted molar refractivity (Wildman–Crippen MR) is 103 cm³/mol. The first kappa shape index (κ1) is 18.2. The van der Waals surface area contributed by atoms with E-state index in [1.165, 1.54) is 11.0 Å². The number of rotatable bonds is 5. The molecule has 0 radical (unpaired) electrons. The fourth-order valence-corrected chi connectivity index (χ4v) is 2.53. The van der Waals surface area contributed by atoms with E-state index in [-0.39, 0.29) is 23.6 Å². The number of H-pyrrole nitrogens is 1. The number of ether oxygens (including phenoxy) is 1. The number of hydrogen-bond donors (Lipinski definition) is 2. The summed E-state index contributed by atoms with van der Waals surface area (Å²) < 4.78 is 5.45. The van der Waals surface area contributed by atoms with E-state index < -0.39 is 5.91 Å². The lowest BCUT2D eigenvalue weighted by Gasteiger charge is -2.12. The molecule has 3 rings (SSSR count). The van der Waals surface area contributed by atoms with Gasteiger partial charge < -0.3 is 19.9 Å². The van der Waals surface area contributed by atoms with E-state index in [1.807, 2.05) is 0 Å². The van der Waals surface area contributed by atoms with E-state index >= 15 is 0 Å². The number of benzene rings is 2. The zero-order chi connectivity index (χ0) is 19.4. The Bertz CT molecular complexity index is 1060. The molecule has 27 heavy (non-hydrogen) atoms. The molecular weight excluding hydrogens is 346 g/mol. The van der Waals surface area contributed by atoms with Crippen LogP contribution in [-0.2, 0) is 4.79 Å². The van der Waals surface area contributed by atoms with Crippen LogP contribution in [0.2, 0.25) is 0 Å². The van der Waals surface area contributed by atoms with E-state index in [2.05, 4.69) is 10.3 Å². The van der Waals surface area contributed by atoms with Crippen LogP contribution < -0.4 is 15.6 Å². The van der Waals surface area contributed by atoms with E-state index in [1.54, 1.807) is 62.6 Å². The van der Waals surface area contributed by atoms with E-state index in [0.29, 0.717) is 22.3 Å². The first-order chi connectivity index (χ1) is 12.9. The number of para-hydroxylation sites is 1. The molecule has 3 aromatic rings. The molecule has 0 unspecified atom stereocenters. The highest BCUT2D eigenvalue weighted by Gasteiger charge is 2.12. The van der Waals surface area contributed by atoms with E-state index in [9.17, 15) is 14.4 Å². The van der Waals surface area contributed by atoms with Gasteiger partial charge in [0.25, 0.3) is 11.8 Å². The molecule has 2 N–H and O–H groups in total. The monoisotopic (exact) mass is 365 g/mol. The SMILES string of the molecule is CN(C)C(=O)COc1cccc(NC(=O)c2cc(=O)[nH]c3ccccc23)c1. The zero-order valence-corrected chi connectivity index (χ0v) is 15.0. The topological polar surface area (TPSA) is 91.5 Å². The zero-order valence-electron chi connectivity index (χ0n) is 15.0. The van der Waals surface area contributed by atoms with Gasteiger partial charge in [-0.05, 0) is 18.2 Å². The molecule has 2 aromatic carbocycles. The summed E-state index contributed by atoms with van der Waals surface area (Å²) in [5, 5.41) is 3.41. The summed E-state index contributed by atoms with van der Waals surface area (Å²) in [6, 6.07) is 15.1. The lowest BCUT2D eigenvalue weighted by molar-refractivity contribution is -0.130. The van der Waals surface area contributed by atoms with Gasteiger partial charge in [0.05, 0.1) is 5.56 Å². The summed E-state index contributed by atoms with van der Waals surface area (Å²) in [6.45, 7) is -0.0941. The van der Waals surface area contributed by atoms with Crippen LogP contribution in [0.4, 0.5) is 5.69 Å². The minimum atomic E-state index is -0.404. The molecule has 1 aromatic heterocycles. The van der Waals surface area contributed by atoms with Gasteiger partial charge in [0.15, 0.2) is 6.61 Å². The van der Waals surface area contributed by atoms with Crippen molar-refractivity contribution in [3.8, 4) is 5.75 Å². The number of hydrogen-bond acceptors (Lipinski definition) is 4. The average Bonchev–Trinajstić information content (AvgIpc) is 2.65. The summed E-state index contributed by atoms with van der Waals surface area (Å²) >= 11 is 0. The second-order valence-electron chi connectivity index (χ2n) is 6.15. The molecule has 0 bridgehead atoms. The van der Waals surface area contributed by atoms with Crippen LogP contribution in [0.25, 0.3) is 10.9 Å². The standard InChI is InChI=1S/C20H19N3O4/c1-23(2)19(25)12-27-14-7-5-6-13(10-14)21-20(26)16-11-18(24)22-17-9-4-3-8-15(16)17/h3-11H,12H2,1-2H3,(H,21,26)(H,22,24). The van der Waals surface area contributed by atoms with Crippen molar-refractivity contribution < 1.29 is 14.3 Å². The number of aromatic amines is 1. The van der Waals surface area contributed by atoms with Crippen molar-refractivity contribution in [2.75, 3.05) is 26.0 Å². The molecule has 0 aliphatic rings. The van der Waals surface area contributed by atoms with E-state index in [0.717, 1.165) is 0 Å². The summed E-state index contributed by atoms with van der Waals surface area (Å²) in [5.41, 5.74) is 1.02. The highest BCUT2D eigenvalue weighted by Crippen LogP contribution is 2.20. The Labute approximate surface area is 155 Å². The Morgan fingerprint density at radius 2 is 1.85 bits per heavy atom. The van der Waals surface area contributed by atoms with Crippen molar-refractivity contribution in [2.24, 2.45) is 0 Å². The third kappa shape index (κ3) is 4.33. The summed E-state index contributed by atoms with van der Waals surface area (Å²) in [6.07, 6.45) is 0. The van der Waals surface area contributed by atoms with Crippen molar-refractivity contribution in [2.45, 2.75) is 0 Å². The van der Waals surface area contributed by atoms with Crippen molar-refractivity contribution in [3.63, 3.8) is 0 Å². The van der Waals surface area contributed by atoms with Gasteiger partial charge in [-0.25, -0.2) is 0 Å². The Balaban J connectivity index is 1.80. The van der Waals surface area contributed by atoms with Crippen molar-refractivity contribution in [1.82, 2.24) is 9.88 Å². The van der Waals surface area contributed by atoms with Crippen molar-refractivity contribution in [3.05, 3.63) is 70.5 Å². The van der Waals surface area contributed by atoms with Crippen molar-refractivity contribution >= 4 is 28.4 Å². The van der Waals surface area contributed by atoms with Crippen molar-refractivity contribution in [1.29, 1.82) is 0 Å². The number of likely N-dealkylation sites (N-methyl/N-ethyl adjacent to an activating group) is 1. The summed E-state index contributed by atoms with van der Waals surface area (Å²) in [5.74, 6) is -0.114. The summed E-state index contributed by atoms with van der Waals surface area (Å²) in [7, 11) is 3.29. The van der Waals surface area contributed by atoms with Crippen LogP contribution in [-0.4, -0.2) is 42.4 Å². The van der Waals surface area contributed by atoms with Crippen LogP contribution >= 0.6 is 0 Å². The number of amides is 2. The Morgan fingerprint density at radius 3 is 2.63 bits per heavy atom. The van der Waals surface area contributed by atoms with E-state index in [4.69, 9.17) is 4.74 Å². The molecule has 0 aliphatic carbocycles. The number of carbonyl (C=O) groups is 2. The quantitative estimate of drug-likeness (QED) is 0.725. The predicted octanol–water partition coefficient (Wildman–Crippen LogP) is 2.25. The number of anilines is 1. The molecule has 0 aliphatic heterocycles. The van der Waals surface area contributed by atoms with Crippen LogP contribution in [0.1, 0.15) is 10.4 Å². The van der Waals surface area contributed by atoms with Gasteiger partial charge in [0.1, 0.15) is 5.75 Å². The highest BCUT2D eigenvalue weighted by atomic mass is 16.5. The van der Waals surface area contributed by atoms with Gasteiger partial charge >= 0.3 is 0 Å². The highest BCUT2D eigenvalue weighted by molar-refractivity contribution is 6.12. The Morgan fingerprint density at radius 1 is 1.07 bits per heavy atom. The molecule has 0 saturated heterocycles. The first-order valence-corrected chi connectivity index (χ1v) is 8.30. The number of nitrogens with zero attached hydrogens (tertiary/aromatic N) is 1. The molecule has 0 atom stereocenters. The van der Waals surface area contributed by atoms with Gasteiger partial charge in [-0.2, -0.15) is 0 Å². The van der Waals surface area contributed by atoms with Gasteiger partial charge in [0.2, 0.25) is 5.56 Å². The normalized spacial score (nSPS) is 10.4. The maximum atomic E-state index is 12.7. The number of carbonyl (C=O) groups excluding carboxylic acids is 2. The molecular formula is C20H19N3O4. The lowest BCUT2D eigenvalue weighted by Crippen LogP contribution is -2.27. The maximum Gasteiger partial charge on any atom is 0.259 e. The third-order valence-corrected chi connectivity index (χ3v) is 3.95. The van der Waals surface area contributed by atoms with Crippen LogP contribution in [0.5, 0.6) is 5.75 Å². The minimum absolute atomic E-state index is 0.0941. The Hall–Kier alpha value is -3.61. The molecule has 0 spiro atoms. The van der Waals surface area contributed by atoms with Gasteiger partial charge in [-0.1, -0.05) is 24.3 Å². The number of fused-ring (bicyclic) bond motifs is 1. The van der Waals surface area contributed by atoms with Gasteiger partial charge in [0, 0.05) is 42.8 Å². The first-order valence-electron chi connectivity index (χ1n) is 8.30. The Kier molecular flexibility index (Phi) is 5.21.